The third-order valence-electron chi connectivity index (χ3n) is 9.26. The quantitative estimate of drug-likeness (QED) is 0.200. The minimum atomic E-state index is -0.407. The smallest absolute Gasteiger partial charge is 0.135 e. The van der Waals surface area contributed by atoms with Crippen molar-refractivity contribution in [2.45, 2.75) is 0 Å². The molecule has 214 valence electrons. The molecule has 9 aromatic rings. The number of fused-ring (bicyclic) bond motifs is 7. The molecule has 8 aromatic carbocycles. The number of hydrogen-bond donors (Lipinski definition) is 0. The highest BCUT2D eigenvalue weighted by atomic mass is 16.5. The van der Waals surface area contributed by atoms with Crippen LogP contribution in [-0.4, -0.2) is 4.57 Å². The number of para-hydroxylation sites is 2. The van der Waals surface area contributed by atoms with Gasteiger partial charge in [-0.2, -0.15) is 0 Å². The van der Waals surface area contributed by atoms with Crippen LogP contribution in [0.2, 0.25) is 0 Å². The summed E-state index contributed by atoms with van der Waals surface area (Å²) >= 11 is 0. The molecule has 0 N–H and O–H groups in total. The van der Waals surface area contributed by atoms with E-state index in [-0.39, 0.29) is 29.7 Å². The van der Waals surface area contributed by atoms with Crippen molar-refractivity contribution in [2.24, 2.45) is 0 Å². The Bertz CT molecular complexity index is 2920. The number of benzene rings is 8. The van der Waals surface area contributed by atoms with E-state index < -0.39 is 6.04 Å². The lowest BCUT2D eigenvalue weighted by atomic mass is 9.89. The Morgan fingerprint density at radius 1 is 0.457 bits per heavy atom. The maximum Gasteiger partial charge on any atom is 0.135 e. The summed E-state index contributed by atoms with van der Waals surface area (Å²) in [5.41, 5.74) is 8.13. The molecule has 1 aliphatic heterocycles. The Morgan fingerprint density at radius 2 is 1.20 bits per heavy atom. The topological polar surface area (TPSA) is 14.2 Å². The molecule has 0 saturated carbocycles. The lowest BCUT2D eigenvalue weighted by Gasteiger charge is -2.23. The van der Waals surface area contributed by atoms with Crippen molar-refractivity contribution in [2.75, 3.05) is 0 Å². The number of aromatic nitrogens is 1. The minimum absolute atomic E-state index is 0.178. The predicted octanol–water partition coefficient (Wildman–Crippen LogP) is 12.2. The van der Waals surface area contributed by atoms with Gasteiger partial charge in [0.1, 0.15) is 11.5 Å². The van der Waals surface area contributed by atoms with Gasteiger partial charge >= 0.3 is 0 Å². The Labute approximate surface area is 273 Å². The average Bonchev–Trinajstić information content (AvgIpc) is 3.53. The first-order valence-corrected chi connectivity index (χ1v) is 15.4. The molecule has 0 bridgehead atoms. The van der Waals surface area contributed by atoms with E-state index in [2.05, 4.69) is 102 Å². The van der Waals surface area contributed by atoms with Gasteiger partial charge in [-0.3, -0.25) is 0 Å². The first-order chi connectivity index (χ1) is 24.9. The lowest BCUT2D eigenvalue weighted by molar-refractivity contribution is 0.487. The molecular weight excluding hydrogens is 558 g/mol. The monoisotopic (exact) mass is 590 g/mol. The molecule has 0 amide bonds. The van der Waals surface area contributed by atoms with Gasteiger partial charge in [-0.1, -0.05) is 133 Å². The molecule has 0 aliphatic carbocycles. The number of rotatable bonds is 3. The van der Waals surface area contributed by atoms with Gasteiger partial charge in [0.25, 0.3) is 0 Å². The molecular formula is C44H27NO. The Kier molecular flexibility index (Phi) is 4.37. The van der Waals surface area contributed by atoms with Crippen molar-refractivity contribution < 1.29 is 11.6 Å². The van der Waals surface area contributed by atoms with Crippen molar-refractivity contribution in [1.82, 2.24) is 4.57 Å². The largest absolute Gasteiger partial charge is 0.456 e. The number of ether oxygens (including phenoxy) is 1. The Hall–Kier alpha value is -6.12. The van der Waals surface area contributed by atoms with Crippen LogP contribution in [-0.2, 0) is 0 Å². The molecule has 0 unspecified atom stereocenters. The van der Waals surface area contributed by atoms with Gasteiger partial charge in [-0.05, 0) is 63.4 Å². The number of nitrogens with zero attached hydrogens (tertiary/aromatic N) is 1. The highest BCUT2D eigenvalue weighted by molar-refractivity contribution is 6.21. The van der Waals surface area contributed by atoms with Gasteiger partial charge < -0.3 is 9.30 Å². The zero-order valence-electron chi connectivity index (χ0n) is 29.6. The van der Waals surface area contributed by atoms with Crippen molar-refractivity contribution in [1.29, 1.82) is 0 Å². The van der Waals surface area contributed by atoms with Gasteiger partial charge in [-0.15, -0.1) is 0 Å². The molecule has 0 radical (unpaired) electrons. The first kappa shape index (κ1) is 20.8. The minimum Gasteiger partial charge on any atom is -0.456 e. The van der Waals surface area contributed by atoms with Crippen molar-refractivity contribution >= 4 is 43.4 Å². The summed E-state index contributed by atoms with van der Waals surface area (Å²) in [6, 6.07) is 44.3. The van der Waals surface area contributed by atoms with E-state index in [9.17, 15) is 0 Å². The van der Waals surface area contributed by atoms with Crippen LogP contribution in [0, 0.1) is 0 Å². The zero-order valence-corrected chi connectivity index (χ0v) is 24.6. The van der Waals surface area contributed by atoms with Crippen molar-refractivity contribution in [3.05, 3.63) is 164 Å². The van der Waals surface area contributed by atoms with Gasteiger partial charge in [-0.25, -0.2) is 0 Å². The van der Waals surface area contributed by atoms with Gasteiger partial charge in [0.05, 0.1) is 17.9 Å². The van der Waals surface area contributed by atoms with Gasteiger partial charge in [0, 0.05) is 38.4 Å². The molecule has 0 fully saturated rings. The Balaban J connectivity index is 1.23. The third kappa shape index (κ3) is 3.59. The molecule has 10 rings (SSSR count). The molecule has 2 nitrogen and oxygen atoms in total. The van der Waals surface area contributed by atoms with Crippen LogP contribution >= 0.6 is 0 Å². The fraction of sp³-hybridized carbons (Fsp3) is 0. The second-order valence-corrected chi connectivity index (χ2v) is 11.7. The molecule has 2 heterocycles. The van der Waals surface area contributed by atoms with E-state index in [4.69, 9.17) is 11.6 Å². The van der Waals surface area contributed by atoms with Crippen LogP contribution in [0.3, 0.4) is 0 Å². The molecule has 0 spiro atoms. The highest BCUT2D eigenvalue weighted by Crippen LogP contribution is 2.50. The standard InChI is InChI=1S/C44H27NO/c1-3-11-28(12-4-1)32-24-26-41-42-35(32)18-10-19-36(42)39-27-30(22-25-40(39)46-41)34-17-9-20-37-38-23-21-29-13-7-8-16-33(29)43(38)45(44(34)37)31-14-5-2-6-15-31/h1-27H/i1D,3D,4D,11D,12D. The maximum atomic E-state index is 8.68. The summed E-state index contributed by atoms with van der Waals surface area (Å²) in [5.74, 6) is 1.39. The van der Waals surface area contributed by atoms with Crippen LogP contribution in [0.1, 0.15) is 6.85 Å². The summed E-state index contributed by atoms with van der Waals surface area (Å²) in [5, 5.41) is 6.34. The summed E-state index contributed by atoms with van der Waals surface area (Å²) in [6.45, 7) is 0. The molecule has 2 heteroatoms. The predicted molar refractivity (Wildman–Crippen MR) is 192 cm³/mol. The molecule has 1 aliphatic rings. The first-order valence-electron chi connectivity index (χ1n) is 17.9. The van der Waals surface area contributed by atoms with Crippen LogP contribution < -0.4 is 4.74 Å². The average molecular weight is 591 g/mol. The molecule has 0 atom stereocenters. The van der Waals surface area contributed by atoms with Crippen molar-refractivity contribution in [3.8, 4) is 50.6 Å². The van der Waals surface area contributed by atoms with Crippen LogP contribution in [0.25, 0.3) is 82.4 Å². The van der Waals surface area contributed by atoms with Crippen LogP contribution in [0.15, 0.2) is 164 Å². The molecule has 1 aromatic heterocycles. The summed E-state index contributed by atoms with van der Waals surface area (Å²) < 4.78 is 51.0. The van der Waals surface area contributed by atoms with E-state index in [0.29, 0.717) is 11.3 Å². The third-order valence-corrected chi connectivity index (χ3v) is 9.26. The van der Waals surface area contributed by atoms with E-state index in [1.165, 1.54) is 27.1 Å². The Morgan fingerprint density at radius 3 is 2.09 bits per heavy atom. The summed E-state index contributed by atoms with van der Waals surface area (Å²) in [4.78, 5) is 0. The SMILES string of the molecule is [2H]c1c([2H])c([2H])c(-c2ccc3c4c(cccc24)-c2cc(-c4cccc5c6ccc7ccccc7c6n(-c6ccccc6)c45)ccc2O3)c([2H])c1[2H]. The summed E-state index contributed by atoms with van der Waals surface area (Å²) in [7, 11) is 0. The van der Waals surface area contributed by atoms with E-state index in [0.717, 1.165) is 50.0 Å². The normalized spacial score (nSPS) is 13.6. The van der Waals surface area contributed by atoms with Gasteiger partial charge in [0.15, 0.2) is 0 Å². The molecule has 46 heavy (non-hydrogen) atoms. The second-order valence-electron chi connectivity index (χ2n) is 11.7. The maximum absolute atomic E-state index is 8.68. The van der Waals surface area contributed by atoms with Crippen LogP contribution in [0.4, 0.5) is 0 Å². The fourth-order valence-electron chi connectivity index (χ4n) is 7.30. The lowest BCUT2D eigenvalue weighted by Crippen LogP contribution is -1.99. The van der Waals surface area contributed by atoms with E-state index in [1.807, 2.05) is 30.3 Å². The van der Waals surface area contributed by atoms with E-state index >= 15 is 0 Å². The fourth-order valence-corrected chi connectivity index (χ4v) is 7.30. The second kappa shape index (κ2) is 9.69. The zero-order chi connectivity index (χ0) is 34.5. The summed E-state index contributed by atoms with van der Waals surface area (Å²) in [6.07, 6.45) is 0. The molecule has 0 saturated heterocycles. The number of hydrogen-bond acceptors (Lipinski definition) is 1. The van der Waals surface area contributed by atoms with Gasteiger partial charge in [0.2, 0.25) is 0 Å². The van der Waals surface area contributed by atoms with Crippen LogP contribution in [0.5, 0.6) is 11.5 Å². The highest BCUT2D eigenvalue weighted by Gasteiger charge is 2.24. The van der Waals surface area contributed by atoms with E-state index in [1.54, 1.807) is 6.07 Å². The van der Waals surface area contributed by atoms with Crippen molar-refractivity contribution in [3.63, 3.8) is 0 Å².